The molecule has 0 heterocycles. The Morgan fingerprint density at radius 2 is 2.57 bits per heavy atom. The molecule has 0 aromatic rings. The third-order valence-electron chi connectivity index (χ3n) is 0.328. The molecule has 39 valence electrons. The zero-order valence-electron chi connectivity index (χ0n) is 3.56. The molecule has 2 nitrogen and oxygen atoms in total. The largest absolute Gasteiger partial charge is 0.453 e. The van der Waals surface area contributed by atoms with Crippen molar-refractivity contribution in [2.45, 2.75) is 0 Å². The number of hydrogen-bond acceptors (Lipinski definition) is 2. The molecule has 0 bridgehead atoms. The van der Waals surface area contributed by atoms with Gasteiger partial charge in [-0.05, 0) is 6.08 Å². The van der Waals surface area contributed by atoms with Crippen LogP contribution in [0.15, 0.2) is 11.6 Å². The predicted octanol–water partition coefficient (Wildman–Crippen LogP) is 0.823. The van der Waals surface area contributed by atoms with E-state index in [1.807, 2.05) is 0 Å². The number of ether oxygens (including phenoxy) is 1. The molecule has 1 radical (unpaired) electrons. The summed E-state index contributed by atoms with van der Waals surface area (Å²) in [7, 11) is 0. The van der Waals surface area contributed by atoms with Gasteiger partial charge in [0.1, 0.15) is 6.61 Å². The summed E-state index contributed by atoms with van der Waals surface area (Å²) in [5, 5.41) is 0. The molecule has 0 aliphatic carbocycles. The Labute approximate surface area is 46.7 Å². The normalized spacial score (nSPS) is 9.29. The maximum Gasteiger partial charge on any atom is 0.417 e. The molecular weight excluding hydrogens is 115 g/mol. The summed E-state index contributed by atoms with van der Waals surface area (Å²) in [6, 6.07) is 0. The van der Waals surface area contributed by atoms with Crippen LogP contribution in [0.5, 0.6) is 0 Å². The Balaban J connectivity index is 2.82. The van der Waals surface area contributed by atoms with E-state index < -0.39 is 0 Å². The number of halogens is 1. The van der Waals surface area contributed by atoms with E-state index >= 15 is 0 Å². The molecule has 0 spiro atoms. The van der Waals surface area contributed by atoms with Crippen LogP contribution in [0.1, 0.15) is 0 Å². The number of hydrogen-bond donors (Lipinski definition) is 0. The Morgan fingerprint density at radius 1 is 1.86 bits per heavy atom. The standard InChI is InChI=1S/C4H4ClO2/c5-2-1-3-7-4-6/h1-2H,3H2/b2-1+. The van der Waals surface area contributed by atoms with E-state index in [1.165, 1.54) is 18.1 Å². The monoisotopic (exact) mass is 119 g/mol. The van der Waals surface area contributed by atoms with E-state index in [4.69, 9.17) is 11.6 Å². The van der Waals surface area contributed by atoms with Crippen molar-refractivity contribution in [3.8, 4) is 0 Å². The fourth-order valence-electron chi connectivity index (χ4n) is 0.119. The molecule has 0 aromatic carbocycles. The van der Waals surface area contributed by atoms with Crippen LogP contribution in [-0.2, 0) is 9.53 Å². The van der Waals surface area contributed by atoms with Crippen LogP contribution in [0.3, 0.4) is 0 Å². The summed E-state index contributed by atoms with van der Waals surface area (Å²) in [5.41, 5.74) is 1.28. The van der Waals surface area contributed by atoms with Gasteiger partial charge >= 0.3 is 6.47 Å². The average molecular weight is 120 g/mol. The van der Waals surface area contributed by atoms with Gasteiger partial charge in [-0.2, -0.15) is 0 Å². The lowest BCUT2D eigenvalue weighted by molar-refractivity contribution is 0.314. The van der Waals surface area contributed by atoms with E-state index in [9.17, 15) is 4.79 Å². The van der Waals surface area contributed by atoms with Crippen molar-refractivity contribution in [3.63, 3.8) is 0 Å². The summed E-state index contributed by atoms with van der Waals surface area (Å²) in [6.07, 6.45) is 1.49. The molecule has 0 N–H and O–H groups in total. The molecule has 7 heavy (non-hydrogen) atoms. The highest BCUT2D eigenvalue weighted by molar-refractivity contribution is 6.25. The third-order valence-corrected chi connectivity index (χ3v) is 0.506. The molecular formula is C4H4ClO2. The number of carbonyl (C=O) groups excluding carboxylic acids is 1. The van der Waals surface area contributed by atoms with E-state index in [0.29, 0.717) is 0 Å². The fraction of sp³-hybridized carbons (Fsp3) is 0.250. The molecule has 0 atom stereocenters. The SMILES string of the molecule is O=[C]OC/C=C/Cl. The van der Waals surface area contributed by atoms with Gasteiger partial charge in [0.2, 0.25) is 0 Å². The van der Waals surface area contributed by atoms with Crippen molar-refractivity contribution in [2.75, 3.05) is 6.61 Å². The van der Waals surface area contributed by atoms with Crippen LogP contribution >= 0.6 is 11.6 Å². The van der Waals surface area contributed by atoms with E-state index in [-0.39, 0.29) is 6.61 Å². The van der Waals surface area contributed by atoms with Gasteiger partial charge in [-0.3, -0.25) is 0 Å². The summed E-state index contributed by atoms with van der Waals surface area (Å²) in [5.74, 6) is 0. The lowest BCUT2D eigenvalue weighted by Crippen LogP contribution is -1.83. The highest BCUT2D eigenvalue weighted by atomic mass is 35.5. The Morgan fingerprint density at radius 3 is 3.00 bits per heavy atom. The first kappa shape index (κ1) is 6.50. The Kier molecular flexibility index (Phi) is 5.11. The lowest BCUT2D eigenvalue weighted by atomic mass is 10.7. The van der Waals surface area contributed by atoms with Gasteiger partial charge in [0.15, 0.2) is 0 Å². The molecule has 0 aromatic heterocycles. The van der Waals surface area contributed by atoms with Crippen molar-refractivity contribution in [2.24, 2.45) is 0 Å². The Bertz CT molecular complexity index is 70.1. The van der Waals surface area contributed by atoms with Gasteiger partial charge in [-0.1, -0.05) is 11.6 Å². The molecule has 0 aliphatic rings. The van der Waals surface area contributed by atoms with Crippen LogP contribution in [0.25, 0.3) is 0 Å². The van der Waals surface area contributed by atoms with Crippen molar-refractivity contribution in [1.29, 1.82) is 0 Å². The highest BCUT2D eigenvalue weighted by Gasteiger charge is 1.71. The molecule has 0 unspecified atom stereocenters. The van der Waals surface area contributed by atoms with Gasteiger partial charge < -0.3 is 4.74 Å². The third kappa shape index (κ3) is 5.50. The first-order valence-corrected chi connectivity index (χ1v) is 2.09. The van der Waals surface area contributed by atoms with Crippen LogP contribution < -0.4 is 0 Å². The van der Waals surface area contributed by atoms with Crippen molar-refractivity contribution >= 4 is 18.1 Å². The number of rotatable bonds is 3. The van der Waals surface area contributed by atoms with Crippen molar-refractivity contribution in [1.82, 2.24) is 0 Å². The van der Waals surface area contributed by atoms with E-state index in [0.717, 1.165) is 0 Å². The first-order valence-electron chi connectivity index (χ1n) is 1.66. The second-order valence-electron chi connectivity index (χ2n) is 0.756. The maximum atomic E-state index is 9.26. The fourth-order valence-corrected chi connectivity index (χ4v) is 0.191. The van der Waals surface area contributed by atoms with Crippen LogP contribution in [-0.4, -0.2) is 13.1 Å². The molecule has 3 heteroatoms. The topological polar surface area (TPSA) is 26.3 Å². The zero-order valence-corrected chi connectivity index (χ0v) is 4.31. The predicted molar refractivity (Wildman–Crippen MR) is 26.6 cm³/mol. The van der Waals surface area contributed by atoms with E-state index in [2.05, 4.69) is 4.74 Å². The van der Waals surface area contributed by atoms with Gasteiger partial charge in [0.05, 0.1) is 0 Å². The second kappa shape index (κ2) is 5.50. The minimum Gasteiger partial charge on any atom is -0.453 e. The summed E-state index contributed by atoms with van der Waals surface area (Å²) in [4.78, 5) is 9.26. The molecule has 0 aliphatic heterocycles. The van der Waals surface area contributed by atoms with Gasteiger partial charge in [-0.25, -0.2) is 4.79 Å². The van der Waals surface area contributed by atoms with Gasteiger partial charge in [0.25, 0.3) is 0 Å². The smallest absolute Gasteiger partial charge is 0.417 e. The lowest BCUT2D eigenvalue weighted by Gasteiger charge is -1.81. The average Bonchev–Trinajstić information content (AvgIpc) is 1.69. The van der Waals surface area contributed by atoms with Crippen LogP contribution in [0, 0.1) is 0 Å². The van der Waals surface area contributed by atoms with Crippen LogP contribution in [0.2, 0.25) is 0 Å². The van der Waals surface area contributed by atoms with E-state index in [1.54, 1.807) is 0 Å². The molecule has 0 saturated heterocycles. The van der Waals surface area contributed by atoms with Crippen molar-refractivity contribution in [3.05, 3.63) is 11.6 Å². The zero-order chi connectivity index (χ0) is 5.54. The minimum absolute atomic E-state index is 0.201. The summed E-state index contributed by atoms with van der Waals surface area (Å²) in [6.45, 7) is 1.44. The maximum absolute atomic E-state index is 9.26. The first-order chi connectivity index (χ1) is 3.41. The summed E-state index contributed by atoms with van der Waals surface area (Å²) >= 11 is 5.05. The molecule has 0 amide bonds. The van der Waals surface area contributed by atoms with Crippen molar-refractivity contribution < 1.29 is 9.53 Å². The van der Waals surface area contributed by atoms with Gasteiger partial charge in [0, 0.05) is 5.54 Å². The van der Waals surface area contributed by atoms with Gasteiger partial charge in [-0.15, -0.1) is 0 Å². The molecule has 0 fully saturated rings. The molecule has 0 rings (SSSR count). The highest BCUT2D eigenvalue weighted by Crippen LogP contribution is 1.76. The molecule has 0 saturated carbocycles. The minimum atomic E-state index is 0.201. The quantitative estimate of drug-likeness (QED) is 0.515. The van der Waals surface area contributed by atoms with Crippen LogP contribution in [0.4, 0.5) is 0 Å². The Hall–Kier alpha value is -0.500. The summed E-state index contributed by atoms with van der Waals surface area (Å²) < 4.78 is 4.10. The second-order valence-corrected chi connectivity index (χ2v) is 1.01.